The second kappa shape index (κ2) is 8.01. The molecule has 0 spiro atoms. The van der Waals surface area contributed by atoms with Crippen molar-refractivity contribution < 1.29 is 9.59 Å². The first-order chi connectivity index (χ1) is 12.5. The average Bonchev–Trinajstić information content (AvgIpc) is 3.13. The van der Waals surface area contributed by atoms with Crippen LogP contribution in [0, 0.1) is 0 Å². The summed E-state index contributed by atoms with van der Waals surface area (Å²) in [7, 11) is 0. The second-order valence-electron chi connectivity index (χ2n) is 6.49. The molecule has 0 saturated carbocycles. The fourth-order valence-corrected chi connectivity index (χ4v) is 3.07. The number of nitrogens with two attached hydrogens (primary N) is 1. The number of carbonyl (C=O) groups is 2. The molecule has 2 atom stereocenters. The summed E-state index contributed by atoms with van der Waals surface area (Å²) in [4.78, 5) is 23.3. The van der Waals surface area contributed by atoms with Crippen LogP contribution in [0.25, 0.3) is 0 Å². The number of carbonyl (C=O) groups excluding carboxylic acids is 2. The summed E-state index contributed by atoms with van der Waals surface area (Å²) in [6, 6.07) is 8.41. The Bertz CT molecular complexity index is 764. The van der Waals surface area contributed by atoms with Crippen LogP contribution < -0.4 is 21.7 Å². The number of rotatable bonds is 5. The third-order valence-corrected chi connectivity index (χ3v) is 4.51. The Morgan fingerprint density at radius 1 is 1.31 bits per heavy atom. The van der Waals surface area contributed by atoms with Crippen molar-refractivity contribution in [3.63, 3.8) is 0 Å². The fraction of sp³-hybridized carbons (Fsp3) is 0.389. The lowest BCUT2D eigenvalue weighted by molar-refractivity contribution is 0.0933. The molecule has 2 heterocycles. The van der Waals surface area contributed by atoms with Crippen molar-refractivity contribution in [1.82, 2.24) is 20.4 Å². The standard InChI is InChI=1S/C18H24N6O2/c1-12(13-4-6-14(7-5-13)22-18(19)26)21-17(25)16-8-10-24(23-16)15-3-2-9-20-11-15/h4-8,10,12,15,20H,2-3,9,11H2,1H3,(H,21,25)(H3,19,22,26). The number of anilines is 1. The molecular weight excluding hydrogens is 332 g/mol. The van der Waals surface area contributed by atoms with E-state index in [1.165, 1.54) is 0 Å². The Labute approximate surface area is 152 Å². The smallest absolute Gasteiger partial charge is 0.316 e. The van der Waals surface area contributed by atoms with Gasteiger partial charge in [0.25, 0.3) is 5.91 Å². The van der Waals surface area contributed by atoms with E-state index in [0.717, 1.165) is 31.5 Å². The quantitative estimate of drug-likeness (QED) is 0.654. The van der Waals surface area contributed by atoms with Gasteiger partial charge in [0.15, 0.2) is 0 Å². The average molecular weight is 356 g/mol. The van der Waals surface area contributed by atoms with E-state index >= 15 is 0 Å². The molecule has 0 bridgehead atoms. The van der Waals surface area contributed by atoms with Gasteiger partial charge in [-0.2, -0.15) is 5.10 Å². The summed E-state index contributed by atoms with van der Waals surface area (Å²) in [6.07, 6.45) is 4.04. The molecule has 2 aromatic rings. The minimum Gasteiger partial charge on any atom is -0.351 e. The molecule has 1 aromatic carbocycles. The first-order valence-electron chi connectivity index (χ1n) is 8.76. The van der Waals surface area contributed by atoms with Crippen molar-refractivity contribution in [2.75, 3.05) is 18.4 Å². The highest BCUT2D eigenvalue weighted by molar-refractivity contribution is 5.92. The minimum absolute atomic E-state index is 0.188. The van der Waals surface area contributed by atoms with Gasteiger partial charge in [0.2, 0.25) is 0 Å². The first kappa shape index (κ1) is 17.9. The van der Waals surface area contributed by atoms with Gasteiger partial charge >= 0.3 is 6.03 Å². The maximum Gasteiger partial charge on any atom is 0.316 e. The molecular formula is C18H24N6O2. The van der Waals surface area contributed by atoms with E-state index in [9.17, 15) is 9.59 Å². The number of amides is 3. The van der Waals surface area contributed by atoms with E-state index in [2.05, 4.69) is 21.0 Å². The molecule has 0 aliphatic carbocycles. The number of urea groups is 1. The number of hydrogen-bond donors (Lipinski definition) is 4. The Hall–Kier alpha value is -2.87. The molecule has 1 aliphatic rings. The van der Waals surface area contributed by atoms with Gasteiger partial charge in [0.05, 0.1) is 12.1 Å². The van der Waals surface area contributed by atoms with Crippen LogP contribution in [0.2, 0.25) is 0 Å². The molecule has 26 heavy (non-hydrogen) atoms. The zero-order valence-corrected chi connectivity index (χ0v) is 14.7. The van der Waals surface area contributed by atoms with E-state index in [-0.39, 0.29) is 11.9 Å². The highest BCUT2D eigenvalue weighted by Crippen LogP contribution is 2.18. The fourth-order valence-electron chi connectivity index (χ4n) is 3.07. The molecule has 1 aromatic heterocycles. The van der Waals surface area contributed by atoms with Gasteiger partial charge in [-0.3, -0.25) is 9.48 Å². The molecule has 1 saturated heterocycles. The Morgan fingerprint density at radius 3 is 2.73 bits per heavy atom. The number of nitrogens with one attached hydrogen (secondary N) is 3. The van der Waals surface area contributed by atoms with Crippen LogP contribution in [0.15, 0.2) is 36.5 Å². The molecule has 138 valence electrons. The molecule has 1 fully saturated rings. The SMILES string of the molecule is CC(NC(=O)c1ccn(C2CCCNC2)n1)c1ccc(NC(N)=O)cc1. The molecule has 8 heteroatoms. The lowest BCUT2D eigenvalue weighted by atomic mass is 10.1. The summed E-state index contributed by atoms with van der Waals surface area (Å²) >= 11 is 0. The van der Waals surface area contributed by atoms with Crippen LogP contribution in [0.4, 0.5) is 10.5 Å². The summed E-state index contributed by atoms with van der Waals surface area (Å²) < 4.78 is 1.87. The zero-order valence-electron chi connectivity index (χ0n) is 14.7. The predicted octanol–water partition coefficient (Wildman–Crippen LogP) is 1.79. The van der Waals surface area contributed by atoms with E-state index in [4.69, 9.17) is 5.73 Å². The number of piperidine rings is 1. The van der Waals surface area contributed by atoms with Crippen LogP contribution in [-0.2, 0) is 0 Å². The van der Waals surface area contributed by atoms with E-state index < -0.39 is 6.03 Å². The van der Waals surface area contributed by atoms with Crippen LogP contribution in [0.5, 0.6) is 0 Å². The molecule has 3 amide bonds. The maximum absolute atomic E-state index is 12.5. The van der Waals surface area contributed by atoms with Gasteiger partial charge in [-0.1, -0.05) is 12.1 Å². The largest absolute Gasteiger partial charge is 0.351 e. The first-order valence-corrected chi connectivity index (χ1v) is 8.76. The monoisotopic (exact) mass is 356 g/mol. The van der Waals surface area contributed by atoms with Crippen LogP contribution in [0.3, 0.4) is 0 Å². The molecule has 5 N–H and O–H groups in total. The Morgan fingerprint density at radius 2 is 2.08 bits per heavy atom. The predicted molar refractivity (Wildman–Crippen MR) is 98.9 cm³/mol. The number of primary amides is 1. The topological polar surface area (TPSA) is 114 Å². The summed E-state index contributed by atoms with van der Waals surface area (Å²) in [5.41, 5.74) is 7.03. The summed E-state index contributed by atoms with van der Waals surface area (Å²) in [5, 5.41) is 13.2. The van der Waals surface area contributed by atoms with Crippen molar-refractivity contribution in [2.24, 2.45) is 5.73 Å². The van der Waals surface area contributed by atoms with Crippen LogP contribution in [0.1, 0.15) is 47.9 Å². The highest BCUT2D eigenvalue weighted by atomic mass is 16.2. The highest BCUT2D eigenvalue weighted by Gasteiger charge is 2.19. The van der Waals surface area contributed by atoms with E-state index in [1.54, 1.807) is 18.2 Å². The molecule has 0 radical (unpaired) electrons. The normalized spacial score (nSPS) is 18.1. The molecule has 3 rings (SSSR count). The van der Waals surface area contributed by atoms with Crippen molar-refractivity contribution >= 4 is 17.6 Å². The van der Waals surface area contributed by atoms with Gasteiger partial charge in [-0.15, -0.1) is 0 Å². The van der Waals surface area contributed by atoms with Gasteiger partial charge in [-0.05, 0) is 50.1 Å². The second-order valence-corrected chi connectivity index (χ2v) is 6.49. The third-order valence-electron chi connectivity index (χ3n) is 4.51. The summed E-state index contributed by atoms with van der Waals surface area (Å²) in [6.45, 7) is 3.82. The van der Waals surface area contributed by atoms with E-state index in [0.29, 0.717) is 17.4 Å². The van der Waals surface area contributed by atoms with Crippen molar-refractivity contribution in [1.29, 1.82) is 0 Å². The molecule has 8 nitrogen and oxygen atoms in total. The van der Waals surface area contributed by atoms with Crippen molar-refractivity contribution in [3.8, 4) is 0 Å². The van der Waals surface area contributed by atoms with Gasteiger partial charge in [0, 0.05) is 18.4 Å². The minimum atomic E-state index is -0.608. The lowest BCUT2D eigenvalue weighted by Gasteiger charge is -2.22. The number of hydrogen-bond acceptors (Lipinski definition) is 4. The number of aromatic nitrogens is 2. The van der Waals surface area contributed by atoms with Gasteiger partial charge in [-0.25, -0.2) is 4.79 Å². The van der Waals surface area contributed by atoms with Crippen LogP contribution >= 0.6 is 0 Å². The number of nitrogens with zero attached hydrogens (tertiary/aromatic N) is 2. The lowest BCUT2D eigenvalue weighted by Crippen LogP contribution is -2.32. The zero-order chi connectivity index (χ0) is 18.5. The van der Waals surface area contributed by atoms with E-state index in [1.807, 2.05) is 29.9 Å². The maximum atomic E-state index is 12.5. The number of benzene rings is 1. The Balaban J connectivity index is 1.60. The Kier molecular flexibility index (Phi) is 5.52. The van der Waals surface area contributed by atoms with Gasteiger partial charge in [0.1, 0.15) is 5.69 Å². The van der Waals surface area contributed by atoms with Crippen LogP contribution in [-0.4, -0.2) is 34.8 Å². The van der Waals surface area contributed by atoms with Crippen molar-refractivity contribution in [3.05, 3.63) is 47.8 Å². The molecule has 1 aliphatic heterocycles. The summed E-state index contributed by atoms with van der Waals surface area (Å²) in [5.74, 6) is -0.209. The van der Waals surface area contributed by atoms with Crippen molar-refractivity contribution in [2.45, 2.75) is 31.8 Å². The van der Waals surface area contributed by atoms with Gasteiger partial charge < -0.3 is 21.7 Å². The molecule has 2 unspecified atom stereocenters. The third kappa shape index (κ3) is 4.40.